The zero-order chi connectivity index (χ0) is 16.2. The van der Waals surface area contributed by atoms with Gasteiger partial charge in [0, 0.05) is 35.7 Å². The highest BCUT2D eigenvalue weighted by atomic mass is 79.9. The number of nitrogens with zero attached hydrogens (tertiary/aromatic N) is 3. The summed E-state index contributed by atoms with van der Waals surface area (Å²) in [5, 5.41) is 3.45. The molecule has 0 aliphatic carbocycles. The predicted molar refractivity (Wildman–Crippen MR) is 93.6 cm³/mol. The minimum Gasteiger partial charge on any atom is -0.496 e. The van der Waals surface area contributed by atoms with E-state index in [-0.39, 0.29) is 6.04 Å². The fourth-order valence-corrected chi connectivity index (χ4v) is 2.69. The molecule has 3 aromatic rings. The Morgan fingerprint density at radius 3 is 2.65 bits per heavy atom. The molecule has 0 bridgehead atoms. The van der Waals surface area contributed by atoms with Crippen molar-refractivity contribution < 1.29 is 4.74 Å². The maximum Gasteiger partial charge on any atom is 0.135 e. The number of para-hydroxylation sites is 1. The lowest BCUT2D eigenvalue weighted by Gasteiger charge is -2.21. The van der Waals surface area contributed by atoms with Crippen molar-refractivity contribution in [3.8, 4) is 5.75 Å². The molecule has 23 heavy (non-hydrogen) atoms. The quantitative estimate of drug-likeness (QED) is 0.740. The first kappa shape index (κ1) is 15.6. The molecule has 2 aromatic heterocycles. The Labute approximate surface area is 143 Å². The fourth-order valence-electron chi connectivity index (χ4n) is 2.45. The summed E-state index contributed by atoms with van der Waals surface area (Å²) >= 11 is 3.40. The third-order valence-electron chi connectivity index (χ3n) is 3.59. The Hall–Kier alpha value is -2.34. The predicted octanol–water partition coefficient (Wildman–Crippen LogP) is 3.79. The minimum absolute atomic E-state index is 0.167. The van der Waals surface area contributed by atoms with Crippen LogP contribution >= 0.6 is 15.9 Å². The van der Waals surface area contributed by atoms with Gasteiger partial charge >= 0.3 is 0 Å². The van der Waals surface area contributed by atoms with E-state index in [1.165, 1.54) is 0 Å². The molecular formula is C17H17BrN4O. The molecule has 1 aromatic carbocycles. The lowest BCUT2D eigenvalue weighted by Crippen LogP contribution is -2.18. The van der Waals surface area contributed by atoms with Crippen LogP contribution in [0, 0.1) is 0 Å². The van der Waals surface area contributed by atoms with Crippen LogP contribution in [0.1, 0.15) is 17.4 Å². The van der Waals surface area contributed by atoms with Crippen molar-refractivity contribution >= 4 is 21.7 Å². The Morgan fingerprint density at radius 2 is 2.00 bits per heavy atom. The van der Waals surface area contributed by atoms with E-state index in [1.54, 1.807) is 19.5 Å². The maximum atomic E-state index is 5.52. The van der Waals surface area contributed by atoms with Crippen LogP contribution < -0.4 is 10.1 Å². The van der Waals surface area contributed by atoms with Gasteiger partial charge in [0.1, 0.15) is 23.4 Å². The SMILES string of the molecule is COc1ccccc1C(Nc1ccc(Br)cn1)c1nccn1C. The average molecular weight is 373 g/mol. The number of nitrogens with one attached hydrogen (secondary N) is 1. The molecule has 5 nitrogen and oxygen atoms in total. The molecule has 0 saturated carbocycles. The molecule has 0 aliphatic heterocycles. The van der Waals surface area contributed by atoms with Crippen LogP contribution in [-0.4, -0.2) is 21.6 Å². The normalized spacial score (nSPS) is 12.0. The van der Waals surface area contributed by atoms with E-state index >= 15 is 0 Å². The molecule has 0 spiro atoms. The standard InChI is InChI=1S/C17H17BrN4O/c1-22-10-9-19-17(22)16(13-5-3-4-6-14(13)23-2)21-15-8-7-12(18)11-20-15/h3-11,16H,1-2H3,(H,20,21). The van der Waals surface area contributed by atoms with Gasteiger partial charge in [0.25, 0.3) is 0 Å². The number of rotatable bonds is 5. The third-order valence-corrected chi connectivity index (χ3v) is 4.06. The number of aryl methyl sites for hydroxylation is 1. The second-order valence-corrected chi connectivity index (χ2v) is 5.99. The van der Waals surface area contributed by atoms with Crippen LogP contribution in [0.2, 0.25) is 0 Å². The van der Waals surface area contributed by atoms with Crippen molar-refractivity contribution in [3.63, 3.8) is 0 Å². The summed E-state index contributed by atoms with van der Waals surface area (Å²) in [6, 6.07) is 11.6. The highest BCUT2D eigenvalue weighted by Gasteiger charge is 2.22. The summed E-state index contributed by atoms with van der Waals surface area (Å²) in [4.78, 5) is 8.89. The van der Waals surface area contributed by atoms with Gasteiger partial charge in [-0.15, -0.1) is 0 Å². The molecule has 0 amide bonds. The molecule has 0 fully saturated rings. The third kappa shape index (κ3) is 3.37. The summed E-state index contributed by atoms with van der Waals surface area (Å²) in [7, 11) is 3.65. The molecule has 3 rings (SSSR count). The van der Waals surface area contributed by atoms with Crippen LogP contribution in [0.4, 0.5) is 5.82 Å². The number of ether oxygens (including phenoxy) is 1. The molecule has 1 unspecified atom stereocenters. The lowest BCUT2D eigenvalue weighted by molar-refractivity contribution is 0.408. The van der Waals surface area contributed by atoms with Gasteiger partial charge in [-0.1, -0.05) is 18.2 Å². The van der Waals surface area contributed by atoms with Crippen LogP contribution in [0.5, 0.6) is 5.75 Å². The zero-order valence-electron chi connectivity index (χ0n) is 12.9. The van der Waals surface area contributed by atoms with Crippen LogP contribution in [0.15, 0.2) is 59.5 Å². The second kappa shape index (κ2) is 6.83. The summed E-state index contributed by atoms with van der Waals surface area (Å²) in [6.45, 7) is 0. The number of hydrogen-bond acceptors (Lipinski definition) is 4. The van der Waals surface area contributed by atoms with Gasteiger partial charge in [-0.2, -0.15) is 0 Å². The maximum absolute atomic E-state index is 5.52. The molecule has 0 radical (unpaired) electrons. The topological polar surface area (TPSA) is 52.0 Å². The summed E-state index contributed by atoms with van der Waals surface area (Å²) in [5.41, 5.74) is 1.01. The largest absolute Gasteiger partial charge is 0.496 e. The highest BCUT2D eigenvalue weighted by molar-refractivity contribution is 9.10. The van der Waals surface area contributed by atoms with E-state index in [0.29, 0.717) is 0 Å². The van der Waals surface area contributed by atoms with Gasteiger partial charge < -0.3 is 14.6 Å². The van der Waals surface area contributed by atoms with E-state index in [9.17, 15) is 0 Å². The van der Waals surface area contributed by atoms with E-state index in [0.717, 1.165) is 27.4 Å². The van der Waals surface area contributed by atoms with Crippen LogP contribution in [0.25, 0.3) is 0 Å². The van der Waals surface area contributed by atoms with Crippen LogP contribution in [-0.2, 0) is 7.05 Å². The molecular weight excluding hydrogens is 356 g/mol. The molecule has 0 aliphatic rings. The number of benzene rings is 1. The van der Waals surface area contributed by atoms with Crippen molar-refractivity contribution in [1.82, 2.24) is 14.5 Å². The smallest absolute Gasteiger partial charge is 0.135 e. The number of methoxy groups -OCH3 is 1. The number of imidazole rings is 1. The minimum atomic E-state index is -0.167. The first-order valence-electron chi connectivity index (χ1n) is 7.17. The number of hydrogen-bond donors (Lipinski definition) is 1. The van der Waals surface area contributed by atoms with Crippen molar-refractivity contribution in [2.45, 2.75) is 6.04 Å². The van der Waals surface area contributed by atoms with E-state index in [4.69, 9.17) is 4.74 Å². The Kier molecular flexibility index (Phi) is 4.62. The molecule has 1 N–H and O–H groups in total. The lowest BCUT2D eigenvalue weighted by atomic mass is 10.0. The van der Waals surface area contributed by atoms with E-state index in [1.807, 2.05) is 54.2 Å². The first-order valence-corrected chi connectivity index (χ1v) is 7.96. The van der Waals surface area contributed by atoms with Gasteiger partial charge in [-0.05, 0) is 34.1 Å². The van der Waals surface area contributed by atoms with Crippen molar-refractivity contribution in [3.05, 3.63) is 70.8 Å². The second-order valence-electron chi connectivity index (χ2n) is 5.08. The molecule has 118 valence electrons. The van der Waals surface area contributed by atoms with Gasteiger partial charge in [0.15, 0.2) is 0 Å². The van der Waals surface area contributed by atoms with Crippen molar-refractivity contribution in [2.75, 3.05) is 12.4 Å². The highest BCUT2D eigenvalue weighted by Crippen LogP contribution is 2.31. The van der Waals surface area contributed by atoms with E-state index in [2.05, 4.69) is 31.2 Å². The Bertz CT molecular complexity index is 785. The van der Waals surface area contributed by atoms with Crippen molar-refractivity contribution in [2.24, 2.45) is 7.05 Å². The summed E-state index contributed by atoms with van der Waals surface area (Å²) in [6.07, 6.45) is 5.48. The Morgan fingerprint density at radius 1 is 1.17 bits per heavy atom. The summed E-state index contributed by atoms with van der Waals surface area (Å²) < 4.78 is 8.44. The Balaban J connectivity index is 2.04. The zero-order valence-corrected chi connectivity index (χ0v) is 14.5. The summed E-state index contributed by atoms with van der Waals surface area (Å²) in [5.74, 6) is 2.47. The fraction of sp³-hybridized carbons (Fsp3) is 0.176. The number of aromatic nitrogens is 3. The van der Waals surface area contributed by atoms with Crippen molar-refractivity contribution in [1.29, 1.82) is 0 Å². The van der Waals surface area contributed by atoms with E-state index < -0.39 is 0 Å². The van der Waals surface area contributed by atoms with Gasteiger partial charge in [-0.3, -0.25) is 0 Å². The monoisotopic (exact) mass is 372 g/mol. The van der Waals surface area contributed by atoms with Crippen LogP contribution in [0.3, 0.4) is 0 Å². The number of halogens is 1. The van der Waals surface area contributed by atoms with Gasteiger partial charge in [-0.25, -0.2) is 9.97 Å². The molecule has 6 heteroatoms. The first-order chi connectivity index (χ1) is 11.2. The molecule has 0 saturated heterocycles. The molecule has 1 atom stereocenters. The number of pyridine rings is 1. The van der Waals surface area contributed by atoms with Gasteiger partial charge in [0.2, 0.25) is 0 Å². The van der Waals surface area contributed by atoms with Gasteiger partial charge in [0.05, 0.1) is 7.11 Å². The number of anilines is 1. The average Bonchev–Trinajstić information content (AvgIpc) is 3.00. The molecule has 2 heterocycles.